The molecule has 0 fully saturated rings. The first kappa shape index (κ1) is 16.7. The van der Waals surface area contributed by atoms with Crippen LogP contribution in [0.1, 0.15) is 22.3 Å². The molecule has 0 bridgehead atoms. The summed E-state index contributed by atoms with van der Waals surface area (Å²) in [4.78, 5) is 25.1. The molecule has 2 amide bonds. The van der Waals surface area contributed by atoms with Crippen LogP contribution < -0.4 is 29.6 Å². The van der Waals surface area contributed by atoms with Crippen molar-refractivity contribution in [1.29, 1.82) is 0 Å². The number of hydrogen-bond donors (Lipinski definition) is 2. The molecule has 3 aliphatic heterocycles. The van der Waals surface area contributed by atoms with E-state index in [9.17, 15) is 9.59 Å². The third kappa shape index (κ3) is 3.06. The van der Waals surface area contributed by atoms with Gasteiger partial charge in [-0.3, -0.25) is 9.59 Å². The molecular weight excluding hydrogens is 364 g/mol. The molecule has 5 rings (SSSR count). The number of hydrogen-bond acceptors (Lipinski definition) is 6. The van der Waals surface area contributed by atoms with E-state index in [1.807, 2.05) is 12.1 Å². The van der Waals surface area contributed by atoms with Crippen molar-refractivity contribution in [1.82, 2.24) is 10.6 Å². The van der Waals surface area contributed by atoms with Crippen molar-refractivity contribution in [3.63, 3.8) is 0 Å². The molecule has 3 aliphatic rings. The van der Waals surface area contributed by atoms with Crippen LogP contribution in [0.15, 0.2) is 24.3 Å². The Morgan fingerprint density at radius 2 is 0.929 bits per heavy atom. The van der Waals surface area contributed by atoms with Gasteiger partial charge in [-0.15, -0.1) is 0 Å². The number of ether oxygens (including phenoxy) is 4. The molecule has 2 aromatic carbocycles. The number of benzene rings is 2. The zero-order chi connectivity index (χ0) is 19.1. The van der Waals surface area contributed by atoms with Gasteiger partial charge >= 0.3 is 0 Å². The SMILES string of the molecule is O=C1Cc2cc3c(cc2CNC(=O)Cc2cc4c(cc2CN1)OCO4)OCO3. The molecule has 0 aliphatic carbocycles. The maximum absolute atomic E-state index is 12.5. The van der Waals surface area contributed by atoms with Gasteiger partial charge in [-0.05, 0) is 46.5 Å². The van der Waals surface area contributed by atoms with Gasteiger partial charge in [0.2, 0.25) is 25.4 Å². The quantitative estimate of drug-likeness (QED) is 0.710. The van der Waals surface area contributed by atoms with E-state index in [4.69, 9.17) is 18.9 Å². The molecule has 0 saturated heterocycles. The molecule has 8 nitrogen and oxygen atoms in total. The molecule has 0 aromatic heterocycles. The van der Waals surface area contributed by atoms with Crippen molar-refractivity contribution in [3.8, 4) is 23.0 Å². The van der Waals surface area contributed by atoms with Gasteiger partial charge in [0.25, 0.3) is 0 Å². The first-order chi connectivity index (χ1) is 13.7. The maximum Gasteiger partial charge on any atom is 0.231 e. The van der Waals surface area contributed by atoms with Crippen molar-refractivity contribution >= 4 is 11.8 Å². The fourth-order valence-corrected chi connectivity index (χ4v) is 3.57. The Hall–Kier alpha value is -3.42. The number of rotatable bonds is 0. The van der Waals surface area contributed by atoms with Gasteiger partial charge in [0, 0.05) is 13.1 Å². The average Bonchev–Trinajstić information content (AvgIpc) is 3.31. The second-order valence-corrected chi connectivity index (χ2v) is 6.86. The van der Waals surface area contributed by atoms with Crippen LogP contribution in [-0.2, 0) is 35.5 Å². The maximum atomic E-state index is 12.5. The largest absolute Gasteiger partial charge is 0.454 e. The van der Waals surface area contributed by atoms with Gasteiger partial charge in [0.05, 0.1) is 12.8 Å². The van der Waals surface area contributed by atoms with Gasteiger partial charge in [0.15, 0.2) is 23.0 Å². The van der Waals surface area contributed by atoms with Crippen LogP contribution in [0.3, 0.4) is 0 Å². The van der Waals surface area contributed by atoms with Gasteiger partial charge in [-0.1, -0.05) is 0 Å². The molecular formula is C20H18N2O6. The number of carbonyl (C=O) groups excluding carboxylic acids is 2. The Labute approximate surface area is 160 Å². The van der Waals surface area contributed by atoms with E-state index >= 15 is 0 Å². The van der Waals surface area contributed by atoms with E-state index in [2.05, 4.69) is 10.6 Å². The van der Waals surface area contributed by atoms with Crippen LogP contribution in [0.2, 0.25) is 0 Å². The van der Waals surface area contributed by atoms with E-state index in [1.54, 1.807) is 12.1 Å². The normalized spacial score (nSPS) is 17.6. The molecule has 144 valence electrons. The molecule has 0 atom stereocenters. The molecule has 0 saturated carbocycles. The fourth-order valence-electron chi connectivity index (χ4n) is 3.57. The van der Waals surface area contributed by atoms with E-state index in [0.29, 0.717) is 36.1 Å². The van der Waals surface area contributed by atoms with Crippen molar-refractivity contribution in [2.45, 2.75) is 25.9 Å². The molecule has 2 aromatic rings. The number of fused-ring (bicyclic) bond motifs is 4. The number of carbonyl (C=O) groups is 2. The molecule has 0 unspecified atom stereocenters. The predicted octanol–water partition coefficient (Wildman–Crippen LogP) is 1.18. The lowest BCUT2D eigenvalue weighted by Gasteiger charge is -2.16. The molecule has 8 heteroatoms. The monoisotopic (exact) mass is 382 g/mol. The fraction of sp³-hybridized carbons (Fsp3) is 0.300. The topological polar surface area (TPSA) is 95.1 Å². The Morgan fingerprint density at radius 3 is 1.32 bits per heavy atom. The summed E-state index contributed by atoms with van der Waals surface area (Å²) in [7, 11) is 0. The second-order valence-electron chi connectivity index (χ2n) is 6.86. The standard InChI is InChI=1S/C20H18N2O6/c23-19-5-11-1-15-17(27-9-25-15)3-13(11)7-21-20(24)6-12-2-16-18(28-10-26-16)4-14(12)8-22-19/h1-4H,5-10H2,(H,21,24)(H,22,23). The van der Waals surface area contributed by atoms with Crippen LogP contribution in [0.4, 0.5) is 0 Å². The van der Waals surface area contributed by atoms with Gasteiger partial charge < -0.3 is 29.6 Å². The minimum atomic E-state index is -0.115. The third-order valence-electron chi connectivity index (χ3n) is 5.04. The summed E-state index contributed by atoms with van der Waals surface area (Å²) in [6, 6.07) is 7.26. The minimum absolute atomic E-state index is 0.115. The highest BCUT2D eigenvalue weighted by Gasteiger charge is 2.22. The molecule has 0 radical (unpaired) electrons. The molecule has 3 heterocycles. The lowest BCUT2D eigenvalue weighted by atomic mass is 10.00. The van der Waals surface area contributed by atoms with Gasteiger partial charge in [0.1, 0.15) is 0 Å². The highest BCUT2D eigenvalue weighted by Crippen LogP contribution is 2.36. The summed E-state index contributed by atoms with van der Waals surface area (Å²) in [5, 5.41) is 5.86. The van der Waals surface area contributed by atoms with Crippen LogP contribution in [0.5, 0.6) is 23.0 Å². The lowest BCUT2D eigenvalue weighted by Crippen LogP contribution is -2.30. The Balaban J connectivity index is 1.47. The first-order valence-corrected chi connectivity index (χ1v) is 9.02. The smallest absolute Gasteiger partial charge is 0.231 e. The third-order valence-corrected chi connectivity index (χ3v) is 5.04. The minimum Gasteiger partial charge on any atom is -0.454 e. The first-order valence-electron chi connectivity index (χ1n) is 9.02. The Kier molecular flexibility index (Phi) is 3.96. The molecule has 2 N–H and O–H groups in total. The van der Waals surface area contributed by atoms with E-state index in [0.717, 1.165) is 22.3 Å². The Bertz CT molecular complexity index is 908. The second kappa shape index (κ2) is 6.63. The summed E-state index contributed by atoms with van der Waals surface area (Å²) in [6.07, 6.45) is 0.365. The van der Waals surface area contributed by atoms with Crippen molar-refractivity contribution < 1.29 is 28.5 Å². The van der Waals surface area contributed by atoms with Crippen molar-refractivity contribution in [3.05, 3.63) is 46.5 Å². The van der Waals surface area contributed by atoms with E-state index in [-0.39, 0.29) is 38.2 Å². The van der Waals surface area contributed by atoms with Gasteiger partial charge in [-0.25, -0.2) is 0 Å². The number of nitrogens with one attached hydrogen (secondary N) is 2. The van der Waals surface area contributed by atoms with Crippen LogP contribution in [0, 0.1) is 0 Å². The van der Waals surface area contributed by atoms with Gasteiger partial charge in [-0.2, -0.15) is 0 Å². The zero-order valence-electron chi connectivity index (χ0n) is 15.0. The highest BCUT2D eigenvalue weighted by molar-refractivity contribution is 5.81. The summed E-state index contributed by atoms with van der Waals surface area (Å²) in [6.45, 7) is 0.914. The van der Waals surface area contributed by atoms with Crippen LogP contribution in [0.25, 0.3) is 0 Å². The van der Waals surface area contributed by atoms with E-state index in [1.165, 1.54) is 0 Å². The van der Waals surface area contributed by atoms with Crippen molar-refractivity contribution in [2.75, 3.05) is 13.6 Å². The zero-order valence-corrected chi connectivity index (χ0v) is 15.0. The lowest BCUT2D eigenvalue weighted by molar-refractivity contribution is -0.121. The summed E-state index contributed by atoms with van der Waals surface area (Å²) < 4.78 is 21.7. The Morgan fingerprint density at radius 1 is 0.571 bits per heavy atom. The highest BCUT2D eigenvalue weighted by atomic mass is 16.7. The number of amides is 2. The van der Waals surface area contributed by atoms with E-state index < -0.39 is 0 Å². The summed E-state index contributed by atoms with van der Waals surface area (Å²) in [5.74, 6) is 2.24. The predicted molar refractivity (Wildman–Crippen MR) is 96.2 cm³/mol. The van der Waals surface area contributed by atoms with Crippen molar-refractivity contribution in [2.24, 2.45) is 0 Å². The summed E-state index contributed by atoms with van der Waals surface area (Å²) in [5.41, 5.74) is 3.26. The van der Waals surface area contributed by atoms with Crippen LogP contribution >= 0.6 is 0 Å². The molecule has 0 spiro atoms. The van der Waals surface area contributed by atoms with Crippen LogP contribution in [-0.4, -0.2) is 25.4 Å². The molecule has 28 heavy (non-hydrogen) atoms. The average molecular weight is 382 g/mol. The summed E-state index contributed by atoms with van der Waals surface area (Å²) >= 11 is 0.